The lowest BCUT2D eigenvalue weighted by Crippen LogP contribution is -2.11. The summed E-state index contributed by atoms with van der Waals surface area (Å²) in [5, 5.41) is 0. The van der Waals surface area contributed by atoms with Crippen molar-refractivity contribution in [2.45, 2.75) is 13.3 Å². The van der Waals surface area contributed by atoms with Crippen LogP contribution in [0.5, 0.6) is 0 Å². The zero-order valence-electron chi connectivity index (χ0n) is 7.67. The van der Waals surface area contributed by atoms with Gasteiger partial charge in [-0.2, -0.15) is 0 Å². The van der Waals surface area contributed by atoms with E-state index < -0.39 is 0 Å². The highest BCUT2D eigenvalue weighted by Crippen LogP contribution is 1.84. The normalized spacial score (nSPS) is 9.83. The van der Waals surface area contributed by atoms with Gasteiger partial charge in [-0.05, 0) is 0 Å². The van der Waals surface area contributed by atoms with Gasteiger partial charge >= 0.3 is 5.97 Å². The molecule has 0 bridgehead atoms. The van der Waals surface area contributed by atoms with E-state index in [0.717, 1.165) is 0 Å². The maximum Gasteiger partial charge on any atom is 0.305 e. The molecule has 4 nitrogen and oxygen atoms in total. The Morgan fingerprint density at radius 3 is 2.42 bits per heavy atom. The number of hydrogen-bond donors (Lipinski definition) is 0. The smallest absolute Gasteiger partial charge is 0.305 e. The number of methoxy groups -OCH3 is 1. The van der Waals surface area contributed by atoms with Gasteiger partial charge in [-0.25, -0.2) is 0 Å². The van der Waals surface area contributed by atoms with Gasteiger partial charge in [0.05, 0.1) is 19.8 Å². The van der Waals surface area contributed by atoms with Gasteiger partial charge < -0.3 is 14.2 Å². The van der Waals surface area contributed by atoms with Crippen LogP contribution in [0.1, 0.15) is 13.3 Å². The number of esters is 1. The third-order valence-corrected chi connectivity index (χ3v) is 1.21. The largest absolute Gasteiger partial charge is 0.463 e. The monoisotopic (exact) mass is 176 g/mol. The van der Waals surface area contributed by atoms with Gasteiger partial charge in [0.2, 0.25) is 0 Å². The molecule has 0 aromatic carbocycles. The van der Waals surface area contributed by atoms with E-state index in [0.29, 0.717) is 32.8 Å². The molecule has 0 unspecified atom stereocenters. The van der Waals surface area contributed by atoms with E-state index in [4.69, 9.17) is 14.2 Å². The summed E-state index contributed by atoms with van der Waals surface area (Å²) in [4.78, 5) is 10.6. The van der Waals surface area contributed by atoms with Crippen molar-refractivity contribution in [3.8, 4) is 0 Å². The second-order valence-electron chi connectivity index (χ2n) is 2.18. The predicted octanol–water partition coefficient (Wildman–Crippen LogP) is 0.603. The van der Waals surface area contributed by atoms with Gasteiger partial charge in [-0.1, -0.05) is 6.92 Å². The summed E-state index contributed by atoms with van der Waals surface area (Å²) in [7, 11) is 1.61. The SMILES string of the molecule is CCC(=O)OCCOCCOC. The number of carbonyl (C=O) groups is 1. The first kappa shape index (κ1) is 11.4. The molecule has 0 amide bonds. The minimum Gasteiger partial charge on any atom is -0.463 e. The van der Waals surface area contributed by atoms with Crippen LogP contribution in [0.15, 0.2) is 0 Å². The number of rotatable bonds is 7. The van der Waals surface area contributed by atoms with Crippen LogP contribution in [-0.2, 0) is 19.0 Å². The van der Waals surface area contributed by atoms with Crippen molar-refractivity contribution in [1.29, 1.82) is 0 Å². The van der Waals surface area contributed by atoms with Crippen molar-refractivity contribution in [2.24, 2.45) is 0 Å². The molecule has 0 heterocycles. The van der Waals surface area contributed by atoms with Crippen molar-refractivity contribution in [3.05, 3.63) is 0 Å². The second kappa shape index (κ2) is 8.49. The fraction of sp³-hybridized carbons (Fsp3) is 0.875. The lowest BCUT2D eigenvalue weighted by Gasteiger charge is -2.03. The Morgan fingerprint density at radius 2 is 1.83 bits per heavy atom. The quantitative estimate of drug-likeness (QED) is 0.421. The van der Waals surface area contributed by atoms with Crippen molar-refractivity contribution >= 4 is 5.97 Å². The summed E-state index contributed by atoms with van der Waals surface area (Å²) < 4.78 is 14.6. The van der Waals surface area contributed by atoms with Crippen molar-refractivity contribution < 1.29 is 19.0 Å². The van der Waals surface area contributed by atoms with Gasteiger partial charge in [-0.15, -0.1) is 0 Å². The lowest BCUT2D eigenvalue weighted by atomic mass is 10.5. The summed E-state index contributed by atoms with van der Waals surface area (Å²) in [6.45, 7) is 3.64. The first-order valence-electron chi connectivity index (χ1n) is 4.03. The molecular formula is C8H16O4. The highest BCUT2D eigenvalue weighted by atomic mass is 16.6. The van der Waals surface area contributed by atoms with E-state index in [9.17, 15) is 4.79 Å². The molecule has 0 atom stereocenters. The summed E-state index contributed by atoms with van der Waals surface area (Å²) in [6, 6.07) is 0. The summed E-state index contributed by atoms with van der Waals surface area (Å²) >= 11 is 0. The molecule has 0 aliphatic heterocycles. The Hall–Kier alpha value is -0.610. The lowest BCUT2D eigenvalue weighted by molar-refractivity contribution is -0.144. The molecule has 0 spiro atoms. The van der Waals surface area contributed by atoms with E-state index in [1.807, 2.05) is 0 Å². The third kappa shape index (κ3) is 7.50. The van der Waals surface area contributed by atoms with Crippen LogP contribution in [0.4, 0.5) is 0 Å². The predicted molar refractivity (Wildman–Crippen MR) is 43.9 cm³/mol. The topological polar surface area (TPSA) is 44.8 Å². The minimum absolute atomic E-state index is 0.189. The molecule has 0 aromatic rings. The number of ether oxygens (including phenoxy) is 3. The van der Waals surface area contributed by atoms with Crippen LogP contribution >= 0.6 is 0 Å². The highest BCUT2D eigenvalue weighted by Gasteiger charge is 1.96. The van der Waals surface area contributed by atoms with Gasteiger partial charge in [0, 0.05) is 13.5 Å². The summed E-state index contributed by atoms with van der Waals surface area (Å²) in [5.41, 5.74) is 0. The van der Waals surface area contributed by atoms with E-state index in [-0.39, 0.29) is 5.97 Å². The first-order chi connectivity index (χ1) is 5.81. The molecule has 0 rings (SSSR count). The van der Waals surface area contributed by atoms with E-state index in [2.05, 4.69) is 0 Å². The fourth-order valence-electron chi connectivity index (χ4n) is 0.561. The maximum absolute atomic E-state index is 10.6. The molecule has 0 N–H and O–H groups in total. The number of carbonyl (C=O) groups excluding carboxylic acids is 1. The minimum atomic E-state index is -0.189. The van der Waals surface area contributed by atoms with Crippen molar-refractivity contribution in [3.63, 3.8) is 0 Å². The molecule has 72 valence electrons. The fourth-order valence-corrected chi connectivity index (χ4v) is 0.561. The summed E-state index contributed by atoms with van der Waals surface area (Å²) in [5.74, 6) is -0.189. The Morgan fingerprint density at radius 1 is 1.17 bits per heavy atom. The van der Waals surface area contributed by atoms with E-state index in [1.54, 1.807) is 14.0 Å². The van der Waals surface area contributed by atoms with Gasteiger partial charge in [0.1, 0.15) is 6.61 Å². The highest BCUT2D eigenvalue weighted by molar-refractivity contribution is 5.68. The average molecular weight is 176 g/mol. The molecule has 0 saturated heterocycles. The molecule has 0 saturated carbocycles. The van der Waals surface area contributed by atoms with Gasteiger partial charge in [-0.3, -0.25) is 4.79 Å². The van der Waals surface area contributed by atoms with Crippen LogP contribution in [0.25, 0.3) is 0 Å². The Bertz CT molecular complexity index is 114. The van der Waals surface area contributed by atoms with Crippen LogP contribution in [-0.4, -0.2) is 39.5 Å². The molecular weight excluding hydrogens is 160 g/mol. The molecule has 0 aliphatic carbocycles. The Labute approximate surface area is 72.8 Å². The zero-order valence-corrected chi connectivity index (χ0v) is 7.67. The first-order valence-corrected chi connectivity index (χ1v) is 4.03. The Balaban J connectivity index is 2.95. The molecule has 0 fully saturated rings. The van der Waals surface area contributed by atoms with Gasteiger partial charge in [0.15, 0.2) is 0 Å². The van der Waals surface area contributed by atoms with Crippen LogP contribution in [0.3, 0.4) is 0 Å². The molecule has 0 aromatic heterocycles. The van der Waals surface area contributed by atoms with Crippen molar-refractivity contribution in [1.82, 2.24) is 0 Å². The second-order valence-corrected chi connectivity index (χ2v) is 2.18. The van der Waals surface area contributed by atoms with Crippen LogP contribution in [0.2, 0.25) is 0 Å². The Kier molecular flexibility index (Phi) is 8.05. The van der Waals surface area contributed by atoms with Crippen LogP contribution in [0, 0.1) is 0 Å². The number of hydrogen-bond acceptors (Lipinski definition) is 4. The van der Waals surface area contributed by atoms with Crippen molar-refractivity contribution in [2.75, 3.05) is 33.5 Å². The zero-order chi connectivity index (χ0) is 9.23. The third-order valence-electron chi connectivity index (χ3n) is 1.21. The van der Waals surface area contributed by atoms with Crippen LogP contribution < -0.4 is 0 Å². The summed E-state index contributed by atoms with van der Waals surface area (Å²) in [6.07, 6.45) is 0.415. The van der Waals surface area contributed by atoms with Gasteiger partial charge in [0.25, 0.3) is 0 Å². The maximum atomic E-state index is 10.6. The standard InChI is InChI=1S/C8H16O4/c1-3-8(9)12-7-6-11-5-4-10-2/h3-7H2,1-2H3. The molecule has 12 heavy (non-hydrogen) atoms. The molecule has 4 heteroatoms. The van der Waals surface area contributed by atoms with E-state index >= 15 is 0 Å². The molecule has 0 radical (unpaired) electrons. The molecule has 0 aliphatic rings. The average Bonchev–Trinajstić information content (AvgIpc) is 2.10. The van der Waals surface area contributed by atoms with E-state index in [1.165, 1.54) is 0 Å².